The quantitative estimate of drug-likeness (QED) is 0.731. The summed E-state index contributed by atoms with van der Waals surface area (Å²) in [5.74, 6) is 0.889. The Morgan fingerprint density at radius 1 is 1.57 bits per heavy atom. The molecule has 2 aromatic rings. The predicted molar refractivity (Wildman–Crippen MR) is 46.0 cm³/mol. The van der Waals surface area contributed by atoms with Gasteiger partial charge in [-0.15, -0.1) is 0 Å². The predicted octanol–water partition coefficient (Wildman–Crippen LogP) is 0.322. The monoisotopic (exact) mass is 195 g/mol. The fourth-order valence-corrected chi connectivity index (χ4v) is 0.977. The van der Waals surface area contributed by atoms with E-state index in [-0.39, 0.29) is 12.4 Å². The van der Waals surface area contributed by atoms with E-state index in [9.17, 15) is 5.11 Å². The standard InChI is InChI=1S/C8H9N3O3/c9-4-5(12)8-10-7(11-14-8)6-2-1-3-13-6/h1-3,5,12H,4,9H2/t5-/m0/s1. The zero-order valence-electron chi connectivity index (χ0n) is 7.25. The molecule has 0 aliphatic rings. The molecule has 0 spiro atoms. The van der Waals surface area contributed by atoms with Crippen LogP contribution in [0.15, 0.2) is 27.3 Å². The van der Waals surface area contributed by atoms with Crippen LogP contribution in [0.4, 0.5) is 0 Å². The first-order chi connectivity index (χ1) is 6.81. The van der Waals surface area contributed by atoms with E-state index in [1.165, 1.54) is 6.26 Å². The maximum Gasteiger partial charge on any atom is 0.257 e. The van der Waals surface area contributed by atoms with Gasteiger partial charge in [0.1, 0.15) is 6.10 Å². The Balaban J connectivity index is 2.26. The van der Waals surface area contributed by atoms with Crippen molar-refractivity contribution < 1.29 is 14.0 Å². The lowest BCUT2D eigenvalue weighted by Crippen LogP contribution is -2.11. The summed E-state index contributed by atoms with van der Waals surface area (Å²) in [5.41, 5.74) is 5.23. The smallest absolute Gasteiger partial charge is 0.257 e. The minimum Gasteiger partial charge on any atom is -0.461 e. The van der Waals surface area contributed by atoms with Crippen molar-refractivity contribution in [2.24, 2.45) is 5.73 Å². The molecule has 0 aliphatic heterocycles. The molecule has 2 aromatic heterocycles. The van der Waals surface area contributed by atoms with Gasteiger partial charge in [0.15, 0.2) is 5.76 Å². The molecule has 3 N–H and O–H groups in total. The number of nitrogens with two attached hydrogens (primary N) is 1. The van der Waals surface area contributed by atoms with Gasteiger partial charge in [-0.3, -0.25) is 0 Å². The van der Waals surface area contributed by atoms with Crippen LogP contribution in [-0.2, 0) is 0 Å². The Kier molecular flexibility index (Phi) is 2.30. The second-order valence-electron chi connectivity index (χ2n) is 2.69. The fourth-order valence-electron chi connectivity index (χ4n) is 0.977. The highest BCUT2D eigenvalue weighted by atomic mass is 16.5. The van der Waals surface area contributed by atoms with Crippen molar-refractivity contribution in [3.63, 3.8) is 0 Å². The van der Waals surface area contributed by atoms with Crippen molar-refractivity contribution in [1.82, 2.24) is 10.1 Å². The van der Waals surface area contributed by atoms with E-state index in [1.807, 2.05) is 0 Å². The van der Waals surface area contributed by atoms with Crippen molar-refractivity contribution in [2.75, 3.05) is 6.54 Å². The average Bonchev–Trinajstić information content (AvgIpc) is 2.86. The Morgan fingerprint density at radius 2 is 2.43 bits per heavy atom. The molecule has 0 radical (unpaired) electrons. The molecule has 0 saturated carbocycles. The number of aliphatic hydroxyl groups excluding tert-OH is 1. The SMILES string of the molecule is NC[C@H](O)c1nc(-c2ccco2)no1. The highest BCUT2D eigenvalue weighted by Gasteiger charge is 2.16. The van der Waals surface area contributed by atoms with Gasteiger partial charge < -0.3 is 19.8 Å². The van der Waals surface area contributed by atoms with Crippen LogP contribution in [0.3, 0.4) is 0 Å². The first-order valence-electron chi connectivity index (χ1n) is 4.07. The van der Waals surface area contributed by atoms with Crippen LogP contribution in [0, 0.1) is 0 Å². The number of aliphatic hydroxyl groups is 1. The van der Waals surface area contributed by atoms with E-state index in [1.54, 1.807) is 12.1 Å². The van der Waals surface area contributed by atoms with Gasteiger partial charge in [0.25, 0.3) is 5.89 Å². The van der Waals surface area contributed by atoms with Crippen LogP contribution >= 0.6 is 0 Å². The number of hydrogen-bond acceptors (Lipinski definition) is 6. The van der Waals surface area contributed by atoms with Gasteiger partial charge in [-0.1, -0.05) is 5.16 Å². The van der Waals surface area contributed by atoms with Crippen LogP contribution < -0.4 is 5.73 Å². The van der Waals surface area contributed by atoms with Crippen molar-refractivity contribution in [1.29, 1.82) is 0 Å². The highest BCUT2D eigenvalue weighted by molar-refractivity contribution is 5.44. The molecule has 2 heterocycles. The zero-order valence-corrected chi connectivity index (χ0v) is 7.25. The molecule has 0 amide bonds. The summed E-state index contributed by atoms with van der Waals surface area (Å²) in [5, 5.41) is 12.9. The molecule has 1 atom stereocenters. The van der Waals surface area contributed by atoms with Crippen LogP contribution in [-0.4, -0.2) is 21.8 Å². The molecule has 0 unspecified atom stereocenters. The van der Waals surface area contributed by atoms with E-state index in [2.05, 4.69) is 10.1 Å². The first kappa shape index (κ1) is 8.92. The molecule has 0 bridgehead atoms. The third kappa shape index (κ3) is 1.52. The van der Waals surface area contributed by atoms with E-state index in [4.69, 9.17) is 14.7 Å². The summed E-state index contributed by atoms with van der Waals surface area (Å²) in [6, 6.07) is 3.41. The van der Waals surface area contributed by atoms with Gasteiger partial charge in [0.05, 0.1) is 6.26 Å². The van der Waals surface area contributed by atoms with Gasteiger partial charge in [0, 0.05) is 6.54 Å². The van der Waals surface area contributed by atoms with Crippen LogP contribution in [0.5, 0.6) is 0 Å². The highest BCUT2D eigenvalue weighted by Crippen LogP contribution is 2.18. The number of nitrogens with zero attached hydrogens (tertiary/aromatic N) is 2. The van der Waals surface area contributed by atoms with E-state index in [0.717, 1.165) is 0 Å². The molecule has 74 valence electrons. The topological polar surface area (TPSA) is 98.3 Å². The molecule has 0 aliphatic carbocycles. The molecule has 2 rings (SSSR count). The third-order valence-electron chi connectivity index (χ3n) is 1.69. The molecular weight excluding hydrogens is 186 g/mol. The average molecular weight is 195 g/mol. The van der Waals surface area contributed by atoms with E-state index < -0.39 is 6.10 Å². The summed E-state index contributed by atoms with van der Waals surface area (Å²) in [7, 11) is 0. The number of rotatable bonds is 3. The maximum atomic E-state index is 9.29. The van der Waals surface area contributed by atoms with Crippen molar-refractivity contribution in [3.05, 3.63) is 24.3 Å². The summed E-state index contributed by atoms with van der Waals surface area (Å²) < 4.78 is 9.84. The van der Waals surface area contributed by atoms with Gasteiger partial charge in [0.2, 0.25) is 5.82 Å². The molecule has 6 heteroatoms. The largest absolute Gasteiger partial charge is 0.461 e. The summed E-state index contributed by atoms with van der Waals surface area (Å²) in [6.07, 6.45) is 0.580. The second kappa shape index (κ2) is 3.60. The lowest BCUT2D eigenvalue weighted by molar-refractivity contribution is 0.141. The maximum absolute atomic E-state index is 9.29. The summed E-state index contributed by atoms with van der Waals surface area (Å²) in [4.78, 5) is 3.92. The first-order valence-corrected chi connectivity index (χ1v) is 4.07. The minimum absolute atomic E-state index is 0.0415. The second-order valence-corrected chi connectivity index (χ2v) is 2.69. The molecule has 0 aromatic carbocycles. The fraction of sp³-hybridized carbons (Fsp3) is 0.250. The van der Waals surface area contributed by atoms with Crippen LogP contribution in [0.2, 0.25) is 0 Å². The lowest BCUT2D eigenvalue weighted by atomic mass is 10.3. The van der Waals surface area contributed by atoms with Crippen LogP contribution in [0.1, 0.15) is 12.0 Å². The molecule has 0 fully saturated rings. The molecule has 0 saturated heterocycles. The normalized spacial score (nSPS) is 13.0. The van der Waals surface area contributed by atoms with Crippen LogP contribution in [0.25, 0.3) is 11.6 Å². The third-order valence-corrected chi connectivity index (χ3v) is 1.69. The van der Waals surface area contributed by atoms with Gasteiger partial charge >= 0.3 is 0 Å². The Morgan fingerprint density at radius 3 is 3.07 bits per heavy atom. The van der Waals surface area contributed by atoms with E-state index in [0.29, 0.717) is 11.6 Å². The molecular formula is C8H9N3O3. The Hall–Kier alpha value is -1.66. The minimum atomic E-state index is -0.925. The number of hydrogen-bond donors (Lipinski definition) is 2. The zero-order chi connectivity index (χ0) is 9.97. The Labute approximate surface area is 79.3 Å². The van der Waals surface area contributed by atoms with Gasteiger partial charge in [-0.05, 0) is 12.1 Å². The van der Waals surface area contributed by atoms with Crippen molar-refractivity contribution in [3.8, 4) is 11.6 Å². The van der Waals surface area contributed by atoms with Crippen molar-refractivity contribution in [2.45, 2.75) is 6.10 Å². The molecule has 14 heavy (non-hydrogen) atoms. The number of furan rings is 1. The van der Waals surface area contributed by atoms with E-state index >= 15 is 0 Å². The molecule has 6 nitrogen and oxygen atoms in total. The van der Waals surface area contributed by atoms with Gasteiger partial charge in [-0.25, -0.2) is 0 Å². The lowest BCUT2D eigenvalue weighted by Gasteiger charge is -1.97. The van der Waals surface area contributed by atoms with Crippen molar-refractivity contribution >= 4 is 0 Å². The summed E-state index contributed by atoms with van der Waals surface area (Å²) in [6.45, 7) is 0.0415. The Bertz CT molecular complexity index is 396. The number of aromatic nitrogens is 2. The van der Waals surface area contributed by atoms with Gasteiger partial charge in [-0.2, -0.15) is 4.98 Å². The summed E-state index contributed by atoms with van der Waals surface area (Å²) >= 11 is 0.